The first-order valence-electron chi connectivity index (χ1n) is 3.05. The summed E-state index contributed by atoms with van der Waals surface area (Å²) < 4.78 is 25.0. The summed E-state index contributed by atoms with van der Waals surface area (Å²) in [6, 6.07) is 0. The molecule has 1 rings (SSSR count). The second kappa shape index (κ2) is 3.48. The largest absolute Gasteiger partial charge is 0.333 e. The van der Waals surface area contributed by atoms with Crippen molar-refractivity contribution in [3.05, 3.63) is 16.1 Å². The third-order valence-electron chi connectivity index (χ3n) is 1.04. The predicted octanol–water partition coefficient (Wildman–Crippen LogP) is 0.172. The third kappa shape index (κ3) is 3.26. The zero-order valence-corrected chi connectivity index (χ0v) is 7.98. The van der Waals surface area contributed by atoms with Gasteiger partial charge < -0.3 is 0 Å². The minimum Gasteiger partial charge on any atom is -0.252 e. The van der Waals surface area contributed by atoms with Crippen LogP contribution < -0.4 is 5.14 Å². The fourth-order valence-electron chi connectivity index (χ4n) is 0.617. The Hall–Kier alpha value is -0.500. The Morgan fingerprint density at radius 1 is 1.75 bits per heavy atom. The van der Waals surface area contributed by atoms with Gasteiger partial charge in [-0.2, -0.15) is 8.42 Å². The molecule has 1 heterocycles. The summed E-state index contributed by atoms with van der Waals surface area (Å²) in [4.78, 5) is 3.99. The lowest BCUT2D eigenvalue weighted by atomic mass is 10.5. The maximum Gasteiger partial charge on any atom is 0.333 e. The molecule has 1 aromatic heterocycles. The number of hydrogen-bond acceptors (Lipinski definition) is 5. The van der Waals surface area contributed by atoms with Gasteiger partial charge >= 0.3 is 10.3 Å². The van der Waals surface area contributed by atoms with E-state index in [-0.39, 0.29) is 6.61 Å². The van der Waals surface area contributed by atoms with Crippen LogP contribution in [0.4, 0.5) is 0 Å². The topological polar surface area (TPSA) is 82.3 Å². The van der Waals surface area contributed by atoms with E-state index in [2.05, 4.69) is 14.3 Å². The van der Waals surface area contributed by atoms with Crippen LogP contribution in [-0.2, 0) is 21.1 Å². The fourth-order valence-corrected chi connectivity index (χ4v) is 1.50. The van der Waals surface area contributed by atoms with E-state index < -0.39 is 10.3 Å². The van der Waals surface area contributed by atoms with E-state index in [9.17, 15) is 8.42 Å². The molecule has 0 amide bonds. The molecule has 68 valence electrons. The lowest BCUT2D eigenvalue weighted by molar-refractivity contribution is 0.304. The molecule has 0 aliphatic heterocycles. The highest BCUT2D eigenvalue weighted by molar-refractivity contribution is 7.84. The maximum absolute atomic E-state index is 10.3. The maximum atomic E-state index is 10.3. The Labute approximate surface area is 74.4 Å². The van der Waals surface area contributed by atoms with Crippen LogP contribution in [0.25, 0.3) is 0 Å². The van der Waals surface area contributed by atoms with E-state index in [0.29, 0.717) is 5.69 Å². The number of aryl methyl sites for hydroxylation is 1. The van der Waals surface area contributed by atoms with Crippen LogP contribution in [0.2, 0.25) is 0 Å². The molecule has 0 fully saturated rings. The standard InChI is InChI=1S/C5H8N2O3S2/c1-4-7-5(3-11-4)2-10-12(6,8)9/h3H,2H2,1H3,(H2,6,8,9). The van der Waals surface area contributed by atoms with Crippen molar-refractivity contribution in [3.8, 4) is 0 Å². The van der Waals surface area contributed by atoms with E-state index in [1.165, 1.54) is 11.3 Å². The lowest BCUT2D eigenvalue weighted by Crippen LogP contribution is -2.15. The van der Waals surface area contributed by atoms with Gasteiger partial charge in [0, 0.05) is 5.38 Å². The highest BCUT2D eigenvalue weighted by Crippen LogP contribution is 2.08. The van der Waals surface area contributed by atoms with E-state index in [1.54, 1.807) is 5.38 Å². The Kier molecular flexibility index (Phi) is 2.78. The minimum atomic E-state index is -3.85. The molecule has 5 nitrogen and oxygen atoms in total. The molecule has 0 radical (unpaired) electrons. The van der Waals surface area contributed by atoms with E-state index >= 15 is 0 Å². The Morgan fingerprint density at radius 2 is 2.42 bits per heavy atom. The molecule has 0 saturated carbocycles. The summed E-state index contributed by atoms with van der Waals surface area (Å²) in [5, 5.41) is 7.20. The van der Waals surface area contributed by atoms with Crippen molar-refractivity contribution in [1.29, 1.82) is 0 Å². The van der Waals surface area contributed by atoms with E-state index in [0.717, 1.165) is 5.01 Å². The summed E-state index contributed by atoms with van der Waals surface area (Å²) in [5.41, 5.74) is 0.575. The van der Waals surface area contributed by atoms with Gasteiger partial charge in [0.2, 0.25) is 0 Å². The summed E-state index contributed by atoms with van der Waals surface area (Å²) in [7, 11) is -3.85. The molecular weight excluding hydrogens is 200 g/mol. The van der Waals surface area contributed by atoms with Gasteiger partial charge in [0.05, 0.1) is 10.7 Å². The Bertz CT molecular complexity index is 357. The average molecular weight is 208 g/mol. The smallest absolute Gasteiger partial charge is 0.252 e. The summed E-state index contributed by atoms with van der Waals surface area (Å²) >= 11 is 1.43. The highest BCUT2D eigenvalue weighted by atomic mass is 32.2. The van der Waals surface area contributed by atoms with Crippen molar-refractivity contribution in [1.82, 2.24) is 4.98 Å². The Morgan fingerprint density at radius 3 is 2.83 bits per heavy atom. The second-order valence-electron chi connectivity index (χ2n) is 2.11. The van der Waals surface area contributed by atoms with E-state index in [4.69, 9.17) is 0 Å². The first-order valence-corrected chi connectivity index (χ1v) is 5.40. The van der Waals surface area contributed by atoms with Crippen LogP contribution >= 0.6 is 11.3 Å². The van der Waals surface area contributed by atoms with Crippen molar-refractivity contribution in [2.75, 3.05) is 0 Å². The zero-order valence-electron chi connectivity index (χ0n) is 6.35. The molecule has 0 saturated heterocycles. The molecule has 12 heavy (non-hydrogen) atoms. The number of aromatic nitrogens is 1. The molecule has 7 heteroatoms. The number of nitrogens with two attached hydrogens (primary N) is 1. The number of hydrogen-bond donors (Lipinski definition) is 1. The predicted molar refractivity (Wildman–Crippen MR) is 44.7 cm³/mol. The van der Waals surface area contributed by atoms with Crippen LogP contribution in [0.3, 0.4) is 0 Å². The van der Waals surface area contributed by atoms with Gasteiger partial charge in [-0.25, -0.2) is 10.1 Å². The van der Waals surface area contributed by atoms with Gasteiger partial charge in [0.15, 0.2) is 0 Å². The van der Waals surface area contributed by atoms with Gasteiger partial charge in [-0.3, -0.25) is 4.18 Å². The third-order valence-corrected chi connectivity index (χ3v) is 2.31. The number of rotatable bonds is 3. The molecule has 0 bridgehead atoms. The molecule has 0 aliphatic carbocycles. The fraction of sp³-hybridized carbons (Fsp3) is 0.400. The first-order chi connectivity index (χ1) is 5.47. The van der Waals surface area contributed by atoms with Gasteiger partial charge in [0.1, 0.15) is 6.61 Å². The van der Waals surface area contributed by atoms with Crippen molar-refractivity contribution < 1.29 is 12.6 Å². The monoisotopic (exact) mass is 208 g/mol. The van der Waals surface area contributed by atoms with Crippen LogP contribution in [0.5, 0.6) is 0 Å². The van der Waals surface area contributed by atoms with E-state index in [1.807, 2.05) is 6.92 Å². The normalized spacial score (nSPS) is 11.8. The quantitative estimate of drug-likeness (QED) is 0.767. The summed E-state index contributed by atoms with van der Waals surface area (Å²) in [6.07, 6.45) is 0. The van der Waals surface area contributed by atoms with Gasteiger partial charge in [-0.15, -0.1) is 11.3 Å². The number of nitrogens with zero attached hydrogens (tertiary/aromatic N) is 1. The van der Waals surface area contributed by atoms with Crippen molar-refractivity contribution >= 4 is 21.6 Å². The number of thiazole rings is 1. The minimum absolute atomic E-state index is 0.0941. The highest BCUT2D eigenvalue weighted by Gasteiger charge is 2.04. The van der Waals surface area contributed by atoms with Crippen molar-refractivity contribution in [2.45, 2.75) is 13.5 Å². The van der Waals surface area contributed by atoms with Crippen molar-refractivity contribution in [3.63, 3.8) is 0 Å². The molecule has 0 aliphatic rings. The molecular formula is C5H8N2O3S2. The Balaban J connectivity index is 2.55. The van der Waals surface area contributed by atoms with Gasteiger partial charge in [0.25, 0.3) is 0 Å². The van der Waals surface area contributed by atoms with Crippen molar-refractivity contribution in [2.24, 2.45) is 5.14 Å². The molecule has 0 unspecified atom stereocenters. The summed E-state index contributed by atoms with van der Waals surface area (Å²) in [5.74, 6) is 0. The van der Waals surface area contributed by atoms with Crippen LogP contribution in [-0.4, -0.2) is 13.4 Å². The molecule has 1 aromatic rings. The molecule has 0 spiro atoms. The zero-order chi connectivity index (χ0) is 9.19. The molecule has 0 atom stereocenters. The van der Waals surface area contributed by atoms with Crippen LogP contribution in [0.15, 0.2) is 5.38 Å². The summed E-state index contributed by atoms with van der Waals surface area (Å²) in [6.45, 7) is 1.73. The second-order valence-corrected chi connectivity index (χ2v) is 4.40. The van der Waals surface area contributed by atoms with Crippen LogP contribution in [0.1, 0.15) is 10.7 Å². The first kappa shape index (κ1) is 9.59. The van der Waals surface area contributed by atoms with Crippen LogP contribution in [0, 0.1) is 6.92 Å². The average Bonchev–Trinajstić information content (AvgIpc) is 2.30. The van der Waals surface area contributed by atoms with Gasteiger partial charge in [-0.1, -0.05) is 0 Å². The SMILES string of the molecule is Cc1nc(COS(N)(=O)=O)cs1. The molecule has 2 N–H and O–H groups in total. The molecule has 0 aromatic carbocycles. The van der Waals surface area contributed by atoms with Gasteiger partial charge in [-0.05, 0) is 6.92 Å². The lowest BCUT2D eigenvalue weighted by Gasteiger charge is -1.95.